The molecule has 2 aliphatic heterocycles. The van der Waals surface area contributed by atoms with E-state index in [9.17, 15) is 4.79 Å². The van der Waals surface area contributed by atoms with E-state index in [0.29, 0.717) is 12.4 Å². The molecule has 3 aliphatic rings. The quantitative estimate of drug-likeness (QED) is 0.719. The fraction of sp³-hybridized carbons (Fsp3) is 0.923. The number of Topliss-reactive ketones (excluding diaryl/α,β-unsaturated/α-hetero) is 1. The first-order chi connectivity index (χ1) is 7.79. The molecule has 0 amide bonds. The third-order valence-electron chi connectivity index (χ3n) is 4.49. The van der Waals surface area contributed by atoms with Crippen LogP contribution in [0.25, 0.3) is 0 Å². The van der Waals surface area contributed by atoms with Gasteiger partial charge >= 0.3 is 0 Å². The molecule has 1 spiro atoms. The minimum absolute atomic E-state index is 0.0953. The topological polar surface area (TPSA) is 35.5 Å². The van der Waals surface area contributed by atoms with Crippen LogP contribution in [0.15, 0.2) is 0 Å². The van der Waals surface area contributed by atoms with Crippen molar-refractivity contribution in [1.29, 1.82) is 0 Å². The van der Waals surface area contributed by atoms with Crippen LogP contribution in [0.4, 0.5) is 0 Å². The minimum Gasteiger partial charge on any atom is -0.381 e. The molecule has 0 bridgehead atoms. The number of carbonyl (C=O) groups is 1. The molecule has 1 saturated carbocycles. The van der Waals surface area contributed by atoms with Crippen LogP contribution in [0, 0.1) is 11.8 Å². The summed E-state index contributed by atoms with van der Waals surface area (Å²) in [6.45, 7) is 2.21. The SMILES string of the molecule is O=C(C1CCOC1)C1CCOC2(CCC2)C1. The largest absolute Gasteiger partial charge is 0.381 e. The fourth-order valence-electron chi connectivity index (χ4n) is 3.28. The zero-order chi connectivity index (χ0) is 11.0. The molecule has 2 unspecified atom stereocenters. The number of rotatable bonds is 2. The summed E-state index contributed by atoms with van der Waals surface area (Å²) in [5.74, 6) is 0.882. The monoisotopic (exact) mass is 224 g/mol. The smallest absolute Gasteiger partial charge is 0.141 e. The molecule has 2 heterocycles. The minimum atomic E-state index is 0.0953. The van der Waals surface area contributed by atoms with Crippen molar-refractivity contribution in [1.82, 2.24) is 0 Å². The van der Waals surface area contributed by atoms with Gasteiger partial charge in [0, 0.05) is 25.0 Å². The predicted octanol–water partition coefficient (Wildman–Crippen LogP) is 1.94. The van der Waals surface area contributed by atoms with Gasteiger partial charge in [0.05, 0.1) is 12.2 Å². The normalized spacial score (nSPS) is 37.2. The van der Waals surface area contributed by atoms with Crippen LogP contribution in [0.3, 0.4) is 0 Å². The van der Waals surface area contributed by atoms with Crippen LogP contribution in [-0.4, -0.2) is 31.2 Å². The summed E-state index contributed by atoms with van der Waals surface area (Å²) in [4.78, 5) is 12.3. The van der Waals surface area contributed by atoms with Crippen molar-refractivity contribution in [2.75, 3.05) is 19.8 Å². The third kappa shape index (κ3) is 1.80. The highest BCUT2D eigenvalue weighted by atomic mass is 16.5. The van der Waals surface area contributed by atoms with Crippen LogP contribution in [-0.2, 0) is 14.3 Å². The molecule has 2 saturated heterocycles. The summed E-state index contributed by atoms with van der Waals surface area (Å²) in [6, 6.07) is 0. The maximum Gasteiger partial charge on any atom is 0.141 e. The molecule has 3 rings (SSSR count). The lowest BCUT2D eigenvalue weighted by atomic mass is 9.70. The van der Waals surface area contributed by atoms with Crippen molar-refractivity contribution >= 4 is 5.78 Å². The first-order valence-electron chi connectivity index (χ1n) is 6.55. The third-order valence-corrected chi connectivity index (χ3v) is 4.49. The Bertz CT molecular complexity index is 277. The highest BCUT2D eigenvalue weighted by Crippen LogP contribution is 2.45. The van der Waals surface area contributed by atoms with Gasteiger partial charge in [0.25, 0.3) is 0 Å². The summed E-state index contributed by atoms with van der Waals surface area (Å²) < 4.78 is 11.2. The second-order valence-electron chi connectivity index (χ2n) is 5.54. The molecule has 3 fully saturated rings. The van der Waals surface area contributed by atoms with E-state index in [0.717, 1.165) is 45.3 Å². The van der Waals surface area contributed by atoms with Gasteiger partial charge in [0.2, 0.25) is 0 Å². The maximum absolute atomic E-state index is 12.3. The fourth-order valence-corrected chi connectivity index (χ4v) is 3.28. The zero-order valence-corrected chi connectivity index (χ0v) is 9.74. The maximum atomic E-state index is 12.3. The molecule has 0 radical (unpaired) electrons. The van der Waals surface area contributed by atoms with E-state index >= 15 is 0 Å². The Balaban J connectivity index is 1.63. The van der Waals surface area contributed by atoms with Crippen molar-refractivity contribution in [3.63, 3.8) is 0 Å². The second kappa shape index (κ2) is 4.11. The van der Waals surface area contributed by atoms with Crippen LogP contribution in [0.1, 0.15) is 38.5 Å². The average molecular weight is 224 g/mol. The Morgan fingerprint density at radius 1 is 1.12 bits per heavy atom. The van der Waals surface area contributed by atoms with Crippen molar-refractivity contribution < 1.29 is 14.3 Å². The molecule has 0 aromatic heterocycles. The molecular formula is C13H20O3. The number of ether oxygens (including phenoxy) is 2. The van der Waals surface area contributed by atoms with Crippen molar-refractivity contribution in [3.05, 3.63) is 0 Å². The average Bonchev–Trinajstić information content (AvgIpc) is 2.79. The summed E-state index contributed by atoms with van der Waals surface area (Å²) in [5.41, 5.74) is 0.0953. The lowest BCUT2D eigenvalue weighted by Gasteiger charge is -2.47. The second-order valence-corrected chi connectivity index (χ2v) is 5.54. The molecule has 0 aromatic carbocycles. The predicted molar refractivity (Wildman–Crippen MR) is 59.2 cm³/mol. The van der Waals surface area contributed by atoms with E-state index in [-0.39, 0.29) is 17.4 Å². The lowest BCUT2D eigenvalue weighted by molar-refractivity contribution is -0.157. The van der Waals surface area contributed by atoms with Crippen molar-refractivity contribution in [2.45, 2.75) is 44.1 Å². The molecule has 3 heteroatoms. The van der Waals surface area contributed by atoms with Crippen molar-refractivity contribution in [3.8, 4) is 0 Å². The summed E-state index contributed by atoms with van der Waals surface area (Å²) in [5, 5.41) is 0. The molecule has 2 atom stereocenters. The van der Waals surface area contributed by atoms with Gasteiger partial charge in [0.15, 0.2) is 0 Å². The van der Waals surface area contributed by atoms with Crippen LogP contribution in [0.2, 0.25) is 0 Å². The van der Waals surface area contributed by atoms with Crippen LogP contribution >= 0.6 is 0 Å². The number of hydrogen-bond acceptors (Lipinski definition) is 3. The van der Waals surface area contributed by atoms with Gasteiger partial charge in [-0.1, -0.05) is 0 Å². The highest BCUT2D eigenvalue weighted by Gasteiger charge is 2.45. The number of ketones is 1. The van der Waals surface area contributed by atoms with Crippen molar-refractivity contribution in [2.24, 2.45) is 11.8 Å². The molecule has 1 aliphatic carbocycles. The van der Waals surface area contributed by atoms with E-state index in [1.54, 1.807) is 0 Å². The Hall–Kier alpha value is -0.410. The van der Waals surface area contributed by atoms with Gasteiger partial charge < -0.3 is 9.47 Å². The van der Waals surface area contributed by atoms with E-state index in [1.165, 1.54) is 6.42 Å². The lowest BCUT2D eigenvalue weighted by Crippen LogP contribution is -2.47. The highest BCUT2D eigenvalue weighted by molar-refractivity contribution is 5.84. The van der Waals surface area contributed by atoms with Gasteiger partial charge in [-0.15, -0.1) is 0 Å². The van der Waals surface area contributed by atoms with Gasteiger partial charge in [-0.05, 0) is 38.5 Å². The van der Waals surface area contributed by atoms with E-state index < -0.39 is 0 Å². The van der Waals surface area contributed by atoms with Gasteiger partial charge in [0.1, 0.15) is 5.78 Å². The Morgan fingerprint density at radius 2 is 1.94 bits per heavy atom. The number of hydrogen-bond donors (Lipinski definition) is 0. The first-order valence-corrected chi connectivity index (χ1v) is 6.55. The van der Waals surface area contributed by atoms with E-state index in [1.807, 2.05) is 0 Å². The van der Waals surface area contributed by atoms with E-state index in [2.05, 4.69) is 0 Å². The molecule has 0 aromatic rings. The Kier molecular flexibility index (Phi) is 2.76. The standard InChI is InChI=1S/C13H20O3/c14-12(11-2-6-15-9-11)10-3-7-16-13(8-10)4-1-5-13/h10-11H,1-9H2. The summed E-state index contributed by atoms with van der Waals surface area (Å²) in [6.07, 6.45) is 6.44. The molecule has 0 N–H and O–H groups in total. The van der Waals surface area contributed by atoms with Gasteiger partial charge in [-0.3, -0.25) is 4.79 Å². The van der Waals surface area contributed by atoms with Crippen LogP contribution in [0.5, 0.6) is 0 Å². The van der Waals surface area contributed by atoms with Gasteiger partial charge in [-0.25, -0.2) is 0 Å². The zero-order valence-electron chi connectivity index (χ0n) is 9.74. The Labute approximate surface area is 96.5 Å². The molecular weight excluding hydrogens is 204 g/mol. The number of carbonyl (C=O) groups excluding carboxylic acids is 1. The Morgan fingerprint density at radius 3 is 2.56 bits per heavy atom. The molecule has 16 heavy (non-hydrogen) atoms. The first kappa shape index (κ1) is 10.7. The summed E-state index contributed by atoms with van der Waals surface area (Å²) in [7, 11) is 0. The van der Waals surface area contributed by atoms with E-state index in [4.69, 9.17) is 9.47 Å². The molecule has 3 nitrogen and oxygen atoms in total. The summed E-state index contributed by atoms with van der Waals surface area (Å²) >= 11 is 0. The molecule has 90 valence electrons. The van der Waals surface area contributed by atoms with Crippen LogP contribution < -0.4 is 0 Å². The van der Waals surface area contributed by atoms with Gasteiger partial charge in [-0.2, -0.15) is 0 Å².